The van der Waals surface area contributed by atoms with Gasteiger partial charge < -0.3 is 10.2 Å². The fourth-order valence-electron chi connectivity index (χ4n) is 1.42. The SMILES string of the molecule is C=CCC(/C=N/NCc1ccc(OC)cc1)=C\C. The van der Waals surface area contributed by atoms with Crippen LogP contribution in [0.25, 0.3) is 0 Å². The highest BCUT2D eigenvalue weighted by molar-refractivity contribution is 5.78. The van der Waals surface area contributed by atoms with Gasteiger partial charge in [-0.1, -0.05) is 24.3 Å². The Hall–Kier alpha value is -2.03. The minimum absolute atomic E-state index is 0.700. The van der Waals surface area contributed by atoms with Gasteiger partial charge in [0, 0.05) is 6.21 Å². The number of hydrogen-bond acceptors (Lipinski definition) is 3. The Balaban J connectivity index is 2.40. The summed E-state index contributed by atoms with van der Waals surface area (Å²) in [5, 5.41) is 4.18. The fraction of sp³-hybridized carbons (Fsp3) is 0.267. The molecular weight excluding hydrogens is 224 g/mol. The third-order valence-corrected chi connectivity index (χ3v) is 2.51. The van der Waals surface area contributed by atoms with E-state index in [1.807, 2.05) is 49.6 Å². The Bertz CT molecular complexity index is 419. The Labute approximate surface area is 109 Å². The highest BCUT2D eigenvalue weighted by Crippen LogP contribution is 2.10. The van der Waals surface area contributed by atoms with Crippen molar-refractivity contribution < 1.29 is 4.74 Å². The van der Waals surface area contributed by atoms with Crippen molar-refractivity contribution in [3.05, 3.63) is 54.1 Å². The molecule has 0 spiro atoms. The number of methoxy groups -OCH3 is 1. The highest BCUT2D eigenvalue weighted by atomic mass is 16.5. The monoisotopic (exact) mass is 244 g/mol. The summed E-state index contributed by atoms with van der Waals surface area (Å²) in [5.41, 5.74) is 5.33. The lowest BCUT2D eigenvalue weighted by Crippen LogP contribution is -2.05. The molecule has 3 heteroatoms. The van der Waals surface area contributed by atoms with E-state index in [1.54, 1.807) is 7.11 Å². The zero-order chi connectivity index (χ0) is 13.2. The summed E-state index contributed by atoms with van der Waals surface area (Å²) in [7, 11) is 1.66. The van der Waals surface area contributed by atoms with Crippen molar-refractivity contribution >= 4 is 6.21 Å². The molecule has 3 nitrogen and oxygen atoms in total. The first kappa shape index (κ1) is 14.0. The normalized spacial score (nSPS) is 11.6. The highest BCUT2D eigenvalue weighted by Gasteiger charge is 1.93. The molecule has 18 heavy (non-hydrogen) atoms. The van der Waals surface area contributed by atoms with Crippen LogP contribution in [0.5, 0.6) is 5.75 Å². The number of allylic oxidation sites excluding steroid dienone is 3. The summed E-state index contributed by atoms with van der Waals surface area (Å²) >= 11 is 0. The predicted molar refractivity (Wildman–Crippen MR) is 76.9 cm³/mol. The molecule has 0 saturated carbocycles. The zero-order valence-electron chi connectivity index (χ0n) is 11.0. The van der Waals surface area contributed by atoms with E-state index in [9.17, 15) is 0 Å². The number of ether oxygens (including phenoxy) is 1. The van der Waals surface area contributed by atoms with E-state index in [1.165, 1.54) is 5.56 Å². The smallest absolute Gasteiger partial charge is 0.118 e. The third kappa shape index (κ3) is 4.87. The first-order chi connectivity index (χ1) is 8.80. The molecule has 0 saturated heterocycles. The molecule has 1 N–H and O–H groups in total. The second-order valence-corrected chi connectivity index (χ2v) is 3.80. The summed E-state index contributed by atoms with van der Waals surface area (Å²) in [6, 6.07) is 7.91. The molecule has 1 aromatic rings. The summed E-state index contributed by atoms with van der Waals surface area (Å²) in [4.78, 5) is 0. The molecule has 1 aromatic carbocycles. The van der Waals surface area contributed by atoms with Crippen molar-refractivity contribution in [1.82, 2.24) is 5.43 Å². The summed E-state index contributed by atoms with van der Waals surface area (Å²) in [5.74, 6) is 0.865. The molecule has 0 unspecified atom stereocenters. The molecule has 0 atom stereocenters. The average Bonchev–Trinajstić information content (AvgIpc) is 2.43. The van der Waals surface area contributed by atoms with Crippen LogP contribution in [-0.4, -0.2) is 13.3 Å². The van der Waals surface area contributed by atoms with Crippen LogP contribution in [0.2, 0.25) is 0 Å². The van der Waals surface area contributed by atoms with E-state index in [0.717, 1.165) is 17.7 Å². The van der Waals surface area contributed by atoms with E-state index in [-0.39, 0.29) is 0 Å². The van der Waals surface area contributed by atoms with Crippen molar-refractivity contribution in [3.8, 4) is 5.75 Å². The molecular formula is C15H20N2O. The van der Waals surface area contributed by atoms with Gasteiger partial charge in [0.05, 0.1) is 13.7 Å². The van der Waals surface area contributed by atoms with Gasteiger partial charge in [0.2, 0.25) is 0 Å². The van der Waals surface area contributed by atoms with Gasteiger partial charge in [-0.3, -0.25) is 0 Å². The molecule has 0 aromatic heterocycles. The molecule has 0 aliphatic rings. The first-order valence-corrected chi connectivity index (χ1v) is 5.95. The van der Waals surface area contributed by atoms with Gasteiger partial charge in [0.25, 0.3) is 0 Å². The molecule has 0 radical (unpaired) electrons. The van der Waals surface area contributed by atoms with E-state index in [0.29, 0.717) is 6.54 Å². The van der Waals surface area contributed by atoms with Crippen LogP contribution in [0.15, 0.2) is 53.7 Å². The molecule has 0 bridgehead atoms. The van der Waals surface area contributed by atoms with Gasteiger partial charge in [-0.2, -0.15) is 5.10 Å². The Morgan fingerprint density at radius 2 is 2.11 bits per heavy atom. The van der Waals surface area contributed by atoms with Crippen LogP contribution in [0, 0.1) is 0 Å². The van der Waals surface area contributed by atoms with Crippen molar-refractivity contribution in [2.24, 2.45) is 5.10 Å². The van der Waals surface area contributed by atoms with Crippen molar-refractivity contribution in [2.75, 3.05) is 7.11 Å². The number of rotatable bonds is 7. The number of hydrazone groups is 1. The summed E-state index contributed by atoms with van der Waals surface area (Å²) < 4.78 is 5.10. The maximum absolute atomic E-state index is 5.10. The van der Waals surface area contributed by atoms with Crippen molar-refractivity contribution in [1.29, 1.82) is 0 Å². The van der Waals surface area contributed by atoms with Crippen LogP contribution in [0.1, 0.15) is 18.9 Å². The minimum Gasteiger partial charge on any atom is -0.497 e. The standard InChI is InChI=1S/C15H20N2O/c1-4-6-13(5-2)11-16-17-12-14-7-9-15(18-3)10-8-14/h4-5,7-11,17H,1,6,12H2,2-3H3/b13-5+,16-11+. The van der Waals surface area contributed by atoms with Crippen LogP contribution in [-0.2, 0) is 6.54 Å². The molecule has 0 amide bonds. The van der Waals surface area contributed by atoms with Crippen molar-refractivity contribution in [3.63, 3.8) is 0 Å². The van der Waals surface area contributed by atoms with E-state index in [4.69, 9.17) is 4.74 Å². The van der Waals surface area contributed by atoms with Gasteiger partial charge in [-0.05, 0) is 36.6 Å². The van der Waals surface area contributed by atoms with Gasteiger partial charge in [0.1, 0.15) is 5.75 Å². The van der Waals surface area contributed by atoms with Crippen LogP contribution < -0.4 is 10.2 Å². The largest absolute Gasteiger partial charge is 0.497 e. The lowest BCUT2D eigenvalue weighted by atomic mass is 10.2. The Morgan fingerprint density at radius 1 is 1.39 bits per heavy atom. The minimum atomic E-state index is 0.700. The third-order valence-electron chi connectivity index (χ3n) is 2.51. The van der Waals surface area contributed by atoms with Crippen molar-refractivity contribution in [2.45, 2.75) is 19.9 Å². The van der Waals surface area contributed by atoms with Gasteiger partial charge in [0.15, 0.2) is 0 Å². The van der Waals surface area contributed by atoms with Gasteiger partial charge in [-0.25, -0.2) is 0 Å². The van der Waals surface area contributed by atoms with E-state index in [2.05, 4.69) is 17.1 Å². The van der Waals surface area contributed by atoms with Crippen LogP contribution >= 0.6 is 0 Å². The molecule has 0 aliphatic carbocycles. The zero-order valence-corrected chi connectivity index (χ0v) is 11.0. The summed E-state index contributed by atoms with van der Waals surface area (Å²) in [6.07, 6.45) is 6.56. The average molecular weight is 244 g/mol. The second kappa shape index (κ2) is 8.12. The Morgan fingerprint density at radius 3 is 2.67 bits per heavy atom. The van der Waals surface area contributed by atoms with E-state index < -0.39 is 0 Å². The first-order valence-electron chi connectivity index (χ1n) is 5.95. The molecule has 96 valence electrons. The fourth-order valence-corrected chi connectivity index (χ4v) is 1.42. The van der Waals surface area contributed by atoms with Crippen LogP contribution in [0.3, 0.4) is 0 Å². The quantitative estimate of drug-likeness (QED) is 0.453. The predicted octanol–water partition coefficient (Wildman–Crippen LogP) is 3.29. The topological polar surface area (TPSA) is 33.6 Å². The lowest BCUT2D eigenvalue weighted by Gasteiger charge is -2.03. The molecule has 1 rings (SSSR count). The maximum Gasteiger partial charge on any atom is 0.118 e. The van der Waals surface area contributed by atoms with Gasteiger partial charge >= 0.3 is 0 Å². The van der Waals surface area contributed by atoms with Gasteiger partial charge in [-0.15, -0.1) is 6.58 Å². The van der Waals surface area contributed by atoms with E-state index >= 15 is 0 Å². The second-order valence-electron chi connectivity index (χ2n) is 3.80. The lowest BCUT2D eigenvalue weighted by molar-refractivity contribution is 0.414. The summed E-state index contributed by atoms with van der Waals surface area (Å²) in [6.45, 7) is 6.40. The number of nitrogens with one attached hydrogen (secondary N) is 1. The van der Waals surface area contributed by atoms with Crippen LogP contribution in [0.4, 0.5) is 0 Å². The molecule has 0 fully saturated rings. The molecule has 0 aliphatic heterocycles. The number of benzene rings is 1. The Kier molecular flexibility index (Phi) is 6.33. The maximum atomic E-state index is 5.10. The molecule has 0 heterocycles. The number of nitrogens with zero attached hydrogens (tertiary/aromatic N) is 1. The number of hydrogen-bond donors (Lipinski definition) is 1.